The zero-order valence-corrected chi connectivity index (χ0v) is 13.9. The Morgan fingerprint density at radius 3 is 1.95 bits per heavy atom. The Morgan fingerprint density at radius 1 is 0.905 bits per heavy atom. The molecule has 0 amide bonds. The van der Waals surface area contributed by atoms with Crippen LogP contribution in [0, 0.1) is 0 Å². The Hall–Kier alpha value is -1.63. The molecule has 0 fully saturated rings. The fourth-order valence-corrected chi connectivity index (χ4v) is 1.98. The van der Waals surface area contributed by atoms with Crippen LogP contribution in [0.1, 0.15) is 27.7 Å². The number of methoxy groups -OCH3 is 1. The molecule has 0 radical (unpaired) electrons. The van der Waals surface area contributed by atoms with E-state index in [4.69, 9.17) is 4.74 Å². The lowest BCUT2D eigenvalue weighted by atomic mass is 10.5. The SMILES string of the molecule is CCNc1nc(N(CC)CC)nc(N(CC)CCOC)n1. The van der Waals surface area contributed by atoms with Gasteiger partial charge in [-0.05, 0) is 27.7 Å². The Labute approximate surface area is 127 Å². The number of aromatic nitrogens is 3. The molecule has 0 aliphatic heterocycles. The number of ether oxygens (including phenoxy) is 1. The van der Waals surface area contributed by atoms with E-state index < -0.39 is 0 Å². The van der Waals surface area contributed by atoms with Crippen LogP contribution in [0.25, 0.3) is 0 Å². The van der Waals surface area contributed by atoms with Gasteiger partial charge in [0.25, 0.3) is 0 Å². The normalized spacial score (nSPS) is 10.5. The van der Waals surface area contributed by atoms with E-state index in [9.17, 15) is 0 Å². The maximum Gasteiger partial charge on any atom is 0.232 e. The molecule has 1 heterocycles. The van der Waals surface area contributed by atoms with E-state index in [2.05, 4.69) is 50.8 Å². The lowest BCUT2D eigenvalue weighted by Gasteiger charge is -2.24. The second kappa shape index (κ2) is 9.33. The Kier molecular flexibility index (Phi) is 7.74. The lowest BCUT2D eigenvalue weighted by Crippen LogP contribution is -2.31. The van der Waals surface area contributed by atoms with Gasteiger partial charge in [-0.1, -0.05) is 0 Å². The molecule has 1 aromatic rings. The topological polar surface area (TPSA) is 66.4 Å². The van der Waals surface area contributed by atoms with Crippen molar-refractivity contribution in [3.05, 3.63) is 0 Å². The molecule has 0 saturated heterocycles. The molecular weight excluding hydrogens is 268 g/mol. The maximum absolute atomic E-state index is 5.15. The molecule has 7 nitrogen and oxygen atoms in total. The molecule has 0 atom stereocenters. The van der Waals surface area contributed by atoms with E-state index in [1.54, 1.807) is 7.11 Å². The fourth-order valence-electron chi connectivity index (χ4n) is 1.98. The molecule has 0 unspecified atom stereocenters. The van der Waals surface area contributed by atoms with Crippen molar-refractivity contribution in [1.29, 1.82) is 0 Å². The van der Waals surface area contributed by atoms with E-state index in [-0.39, 0.29) is 0 Å². The van der Waals surface area contributed by atoms with Crippen molar-refractivity contribution in [3.63, 3.8) is 0 Å². The zero-order valence-electron chi connectivity index (χ0n) is 13.9. The van der Waals surface area contributed by atoms with Crippen molar-refractivity contribution in [2.24, 2.45) is 0 Å². The number of nitrogens with zero attached hydrogens (tertiary/aromatic N) is 5. The van der Waals surface area contributed by atoms with Gasteiger partial charge >= 0.3 is 0 Å². The third kappa shape index (κ3) is 5.00. The molecule has 0 saturated carbocycles. The summed E-state index contributed by atoms with van der Waals surface area (Å²) in [5.41, 5.74) is 0. The molecule has 1 rings (SSSR count). The van der Waals surface area contributed by atoms with Gasteiger partial charge in [-0.3, -0.25) is 0 Å². The smallest absolute Gasteiger partial charge is 0.232 e. The molecule has 1 N–H and O–H groups in total. The fraction of sp³-hybridized carbons (Fsp3) is 0.786. The summed E-state index contributed by atoms with van der Waals surface area (Å²) in [4.78, 5) is 17.8. The Bertz CT molecular complexity index is 410. The average Bonchev–Trinajstić information content (AvgIpc) is 2.49. The third-order valence-electron chi connectivity index (χ3n) is 3.22. The standard InChI is InChI=1S/C14H28N6O/c1-6-15-12-16-13(19(7-2)8-3)18-14(17-12)20(9-4)10-11-21-5/h6-11H2,1-5H3,(H,15,16,17,18). The van der Waals surface area contributed by atoms with Crippen molar-refractivity contribution in [2.75, 3.05) is 61.6 Å². The second-order valence-electron chi connectivity index (χ2n) is 4.53. The highest BCUT2D eigenvalue weighted by Crippen LogP contribution is 2.16. The van der Waals surface area contributed by atoms with E-state index in [0.29, 0.717) is 18.5 Å². The molecule has 0 aliphatic rings. The van der Waals surface area contributed by atoms with Crippen LogP contribution in [-0.4, -0.2) is 61.4 Å². The zero-order chi connectivity index (χ0) is 15.7. The van der Waals surface area contributed by atoms with Gasteiger partial charge in [0.2, 0.25) is 17.8 Å². The first-order valence-electron chi connectivity index (χ1n) is 7.68. The van der Waals surface area contributed by atoms with Gasteiger partial charge in [-0.25, -0.2) is 0 Å². The maximum atomic E-state index is 5.15. The van der Waals surface area contributed by atoms with Gasteiger partial charge in [-0.15, -0.1) is 0 Å². The summed E-state index contributed by atoms with van der Waals surface area (Å²) in [5, 5.41) is 3.18. The lowest BCUT2D eigenvalue weighted by molar-refractivity contribution is 0.205. The summed E-state index contributed by atoms with van der Waals surface area (Å²) in [7, 11) is 1.70. The Balaban J connectivity index is 3.10. The molecule has 0 aliphatic carbocycles. The minimum Gasteiger partial charge on any atom is -0.383 e. The van der Waals surface area contributed by atoms with Crippen LogP contribution >= 0.6 is 0 Å². The number of anilines is 3. The summed E-state index contributed by atoms with van der Waals surface area (Å²) >= 11 is 0. The average molecular weight is 296 g/mol. The number of nitrogens with one attached hydrogen (secondary N) is 1. The van der Waals surface area contributed by atoms with Crippen LogP contribution in [0.5, 0.6) is 0 Å². The minimum atomic E-state index is 0.625. The van der Waals surface area contributed by atoms with Crippen molar-refractivity contribution >= 4 is 17.8 Å². The van der Waals surface area contributed by atoms with Crippen LogP contribution in [-0.2, 0) is 4.74 Å². The van der Waals surface area contributed by atoms with Gasteiger partial charge < -0.3 is 19.9 Å². The molecule has 0 spiro atoms. The highest BCUT2D eigenvalue weighted by molar-refractivity contribution is 5.45. The molecule has 1 aromatic heterocycles. The quantitative estimate of drug-likeness (QED) is 0.703. The van der Waals surface area contributed by atoms with Crippen LogP contribution in [0.3, 0.4) is 0 Å². The largest absolute Gasteiger partial charge is 0.383 e. The predicted octanol–water partition coefficient (Wildman–Crippen LogP) is 1.62. The van der Waals surface area contributed by atoms with Gasteiger partial charge in [0.15, 0.2) is 0 Å². The van der Waals surface area contributed by atoms with Gasteiger partial charge in [0.05, 0.1) is 6.61 Å². The van der Waals surface area contributed by atoms with E-state index in [1.165, 1.54) is 0 Å². The molecular formula is C14H28N6O. The third-order valence-corrected chi connectivity index (χ3v) is 3.22. The van der Waals surface area contributed by atoms with E-state index >= 15 is 0 Å². The van der Waals surface area contributed by atoms with E-state index in [0.717, 1.165) is 38.7 Å². The summed E-state index contributed by atoms with van der Waals surface area (Å²) in [6.45, 7) is 13.1. The highest BCUT2D eigenvalue weighted by Gasteiger charge is 2.14. The molecule has 0 aromatic carbocycles. The van der Waals surface area contributed by atoms with Crippen LogP contribution in [0.15, 0.2) is 0 Å². The predicted molar refractivity (Wildman–Crippen MR) is 87.3 cm³/mol. The van der Waals surface area contributed by atoms with E-state index in [1.807, 2.05) is 6.92 Å². The second-order valence-corrected chi connectivity index (χ2v) is 4.53. The van der Waals surface area contributed by atoms with Crippen LogP contribution in [0.2, 0.25) is 0 Å². The minimum absolute atomic E-state index is 0.625. The summed E-state index contributed by atoms with van der Waals surface area (Å²) in [6, 6.07) is 0. The molecule has 120 valence electrons. The monoisotopic (exact) mass is 296 g/mol. The van der Waals surface area contributed by atoms with Crippen LogP contribution < -0.4 is 15.1 Å². The molecule has 0 bridgehead atoms. The molecule has 21 heavy (non-hydrogen) atoms. The first-order valence-corrected chi connectivity index (χ1v) is 7.68. The van der Waals surface area contributed by atoms with Gasteiger partial charge in [0, 0.05) is 39.8 Å². The van der Waals surface area contributed by atoms with Crippen LogP contribution in [0.4, 0.5) is 17.8 Å². The molecule has 7 heteroatoms. The number of hydrogen-bond donors (Lipinski definition) is 1. The van der Waals surface area contributed by atoms with Crippen molar-refractivity contribution < 1.29 is 4.74 Å². The van der Waals surface area contributed by atoms with Crippen molar-refractivity contribution in [1.82, 2.24) is 15.0 Å². The number of rotatable bonds is 10. The summed E-state index contributed by atoms with van der Waals surface area (Å²) in [6.07, 6.45) is 0. The van der Waals surface area contributed by atoms with Gasteiger partial charge in [0.1, 0.15) is 0 Å². The Morgan fingerprint density at radius 2 is 1.48 bits per heavy atom. The first-order chi connectivity index (χ1) is 10.2. The number of hydrogen-bond acceptors (Lipinski definition) is 7. The van der Waals surface area contributed by atoms with Gasteiger partial charge in [-0.2, -0.15) is 15.0 Å². The highest BCUT2D eigenvalue weighted by atomic mass is 16.5. The summed E-state index contributed by atoms with van der Waals surface area (Å²) in [5.74, 6) is 2.04. The van der Waals surface area contributed by atoms with Crippen molar-refractivity contribution in [2.45, 2.75) is 27.7 Å². The van der Waals surface area contributed by atoms with Crippen molar-refractivity contribution in [3.8, 4) is 0 Å². The first kappa shape index (κ1) is 17.4. The number of likely N-dealkylation sites (N-methyl/N-ethyl adjacent to an activating group) is 1. The summed E-state index contributed by atoms with van der Waals surface area (Å²) < 4.78 is 5.15.